The molecule has 5 heteroatoms. The van der Waals surface area contributed by atoms with E-state index in [9.17, 15) is 9.90 Å². The maximum Gasteiger partial charge on any atom is 0.412 e. The van der Waals surface area contributed by atoms with Crippen LogP contribution in [0.25, 0.3) is 0 Å². The highest BCUT2D eigenvalue weighted by atomic mass is 16.6. The van der Waals surface area contributed by atoms with Crippen LogP contribution in [0.4, 0.5) is 10.5 Å². The number of aliphatic hydroxyl groups is 1. The lowest BCUT2D eigenvalue weighted by Gasteiger charge is -2.20. The number of phenolic OH excluding ortho intramolecular Hbond substituents is 1. The van der Waals surface area contributed by atoms with Crippen LogP contribution in [0.5, 0.6) is 5.75 Å². The predicted molar refractivity (Wildman–Crippen MR) is 68.8 cm³/mol. The van der Waals surface area contributed by atoms with E-state index >= 15 is 0 Å². The molecule has 5 nitrogen and oxygen atoms in total. The van der Waals surface area contributed by atoms with E-state index < -0.39 is 11.7 Å². The van der Waals surface area contributed by atoms with Crippen molar-refractivity contribution in [2.24, 2.45) is 0 Å². The van der Waals surface area contributed by atoms with Crippen molar-refractivity contribution < 1.29 is 19.7 Å². The molecule has 0 aliphatic heterocycles. The summed E-state index contributed by atoms with van der Waals surface area (Å²) in [4.78, 5) is 11.5. The standard InChI is InChI=1S/C13H19NO4/c1-13(2,3)18-12(17)14-10-5-4-9(6-7-15)8-11(10)16/h4-5,8,15-16H,6-7H2,1-3H3,(H,14,17). The molecular formula is C13H19NO4. The number of hydrogen-bond donors (Lipinski definition) is 3. The minimum absolute atomic E-state index is 0.0122. The van der Waals surface area contributed by atoms with Crippen molar-refractivity contribution >= 4 is 11.8 Å². The van der Waals surface area contributed by atoms with E-state index in [2.05, 4.69) is 5.32 Å². The van der Waals surface area contributed by atoms with Gasteiger partial charge in [0.2, 0.25) is 0 Å². The van der Waals surface area contributed by atoms with Crippen LogP contribution in [0.1, 0.15) is 26.3 Å². The van der Waals surface area contributed by atoms with Gasteiger partial charge >= 0.3 is 6.09 Å². The Hall–Kier alpha value is -1.75. The fourth-order valence-corrected chi connectivity index (χ4v) is 1.38. The van der Waals surface area contributed by atoms with E-state index in [0.29, 0.717) is 6.42 Å². The lowest BCUT2D eigenvalue weighted by Crippen LogP contribution is -2.27. The lowest BCUT2D eigenvalue weighted by molar-refractivity contribution is 0.0635. The van der Waals surface area contributed by atoms with E-state index in [0.717, 1.165) is 5.56 Å². The van der Waals surface area contributed by atoms with Crippen molar-refractivity contribution in [3.63, 3.8) is 0 Å². The molecule has 0 bridgehead atoms. The number of aromatic hydroxyl groups is 1. The van der Waals surface area contributed by atoms with Gasteiger partial charge in [-0.3, -0.25) is 5.32 Å². The molecule has 1 rings (SSSR count). The molecule has 0 aliphatic rings. The maximum absolute atomic E-state index is 11.5. The quantitative estimate of drug-likeness (QED) is 0.722. The molecule has 0 fully saturated rings. The molecule has 1 aromatic rings. The molecule has 0 radical (unpaired) electrons. The minimum Gasteiger partial charge on any atom is -0.506 e. The van der Waals surface area contributed by atoms with Crippen molar-refractivity contribution in [2.75, 3.05) is 11.9 Å². The van der Waals surface area contributed by atoms with Gasteiger partial charge in [0.05, 0.1) is 5.69 Å². The number of phenols is 1. The number of amides is 1. The van der Waals surface area contributed by atoms with Crippen molar-refractivity contribution in [2.45, 2.75) is 32.8 Å². The molecule has 1 amide bonds. The zero-order valence-corrected chi connectivity index (χ0v) is 10.9. The van der Waals surface area contributed by atoms with E-state index in [1.165, 1.54) is 6.07 Å². The zero-order chi connectivity index (χ0) is 13.8. The van der Waals surface area contributed by atoms with Crippen molar-refractivity contribution in [1.29, 1.82) is 0 Å². The third-order valence-electron chi connectivity index (χ3n) is 2.10. The van der Waals surface area contributed by atoms with Gasteiger partial charge in [-0.25, -0.2) is 4.79 Å². The second-order valence-electron chi connectivity index (χ2n) is 4.95. The Kier molecular flexibility index (Phi) is 4.55. The van der Waals surface area contributed by atoms with Gasteiger partial charge in [0.1, 0.15) is 11.4 Å². The summed E-state index contributed by atoms with van der Waals surface area (Å²) in [6.07, 6.45) is -0.159. The predicted octanol–water partition coefficient (Wildman–Crippen LogP) is 2.27. The second kappa shape index (κ2) is 5.73. The molecule has 0 atom stereocenters. The topological polar surface area (TPSA) is 78.8 Å². The van der Waals surface area contributed by atoms with E-state index in [-0.39, 0.29) is 18.0 Å². The number of aliphatic hydroxyl groups excluding tert-OH is 1. The van der Waals surface area contributed by atoms with Crippen LogP contribution in [0.3, 0.4) is 0 Å². The molecule has 100 valence electrons. The number of nitrogens with one attached hydrogen (secondary N) is 1. The van der Waals surface area contributed by atoms with E-state index in [1.54, 1.807) is 32.9 Å². The monoisotopic (exact) mass is 253 g/mol. The normalized spacial score (nSPS) is 11.1. The zero-order valence-electron chi connectivity index (χ0n) is 10.9. The number of carbonyl (C=O) groups excluding carboxylic acids is 1. The summed E-state index contributed by atoms with van der Waals surface area (Å²) in [5.41, 5.74) is 0.493. The summed E-state index contributed by atoms with van der Waals surface area (Å²) in [6, 6.07) is 4.80. The average Bonchev–Trinajstić information content (AvgIpc) is 2.20. The van der Waals surface area contributed by atoms with Gasteiger partial charge in [0.25, 0.3) is 0 Å². The number of hydrogen-bond acceptors (Lipinski definition) is 4. The molecule has 0 unspecified atom stereocenters. The average molecular weight is 253 g/mol. The highest BCUT2D eigenvalue weighted by Gasteiger charge is 2.17. The van der Waals surface area contributed by atoms with Crippen LogP contribution in [0.15, 0.2) is 18.2 Å². The van der Waals surface area contributed by atoms with Gasteiger partial charge in [-0.2, -0.15) is 0 Å². The Bertz CT molecular complexity index is 423. The van der Waals surface area contributed by atoms with Gasteiger partial charge < -0.3 is 14.9 Å². The highest BCUT2D eigenvalue weighted by Crippen LogP contribution is 2.25. The van der Waals surface area contributed by atoms with Crippen LogP contribution in [0.2, 0.25) is 0 Å². The molecule has 18 heavy (non-hydrogen) atoms. The van der Waals surface area contributed by atoms with Crippen molar-refractivity contribution in [3.05, 3.63) is 23.8 Å². The smallest absolute Gasteiger partial charge is 0.412 e. The van der Waals surface area contributed by atoms with Gasteiger partial charge in [-0.15, -0.1) is 0 Å². The van der Waals surface area contributed by atoms with Crippen LogP contribution in [-0.2, 0) is 11.2 Å². The summed E-state index contributed by atoms with van der Waals surface area (Å²) in [5, 5.41) is 21.0. The highest BCUT2D eigenvalue weighted by molar-refractivity contribution is 5.86. The van der Waals surface area contributed by atoms with Gasteiger partial charge in [0, 0.05) is 6.61 Å². The first-order chi connectivity index (χ1) is 8.31. The third kappa shape index (κ3) is 4.63. The molecule has 0 heterocycles. The van der Waals surface area contributed by atoms with Crippen molar-refractivity contribution in [1.82, 2.24) is 0 Å². The van der Waals surface area contributed by atoms with Crippen LogP contribution < -0.4 is 5.32 Å². The molecule has 0 aromatic heterocycles. The second-order valence-corrected chi connectivity index (χ2v) is 4.95. The molecular weight excluding hydrogens is 234 g/mol. The molecule has 0 aliphatic carbocycles. The Morgan fingerprint density at radius 3 is 2.56 bits per heavy atom. The Labute approximate surface area is 106 Å². The first-order valence-corrected chi connectivity index (χ1v) is 5.74. The largest absolute Gasteiger partial charge is 0.506 e. The first kappa shape index (κ1) is 14.3. The summed E-state index contributed by atoms with van der Waals surface area (Å²) in [5.74, 6) is -0.0493. The van der Waals surface area contributed by atoms with E-state index in [1.807, 2.05) is 0 Å². The van der Waals surface area contributed by atoms with E-state index in [4.69, 9.17) is 9.84 Å². The Morgan fingerprint density at radius 2 is 2.06 bits per heavy atom. The summed E-state index contributed by atoms with van der Waals surface area (Å²) >= 11 is 0. The SMILES string of the molecule is CC(C)(C)OC(=O)Nc1ccc(CCO)cc1O. The van der Waals surface area contributed by atoms with Gasteiger partial charge in [0.15, 0.2) is 0 Å². The van der Waals surface area contributed by atoms with Gasteiger partial charge in [-0.1, -0.05) is 6.07 Å². The molecule has 3 N–H and O–H groups in total. The summed E-state index contributed by atoms with van der Waals surface area (Å²) in [6.45, 7) is 5.29. The Morgan fingerprint density at radius 1 is 1.39 bits per heavy atom. The maximum atomic E-state index is 11.5. The molecule has 1 aromatic carbocycles. The number of anilines is 1. The Balaban J connectivity index is 2.71. The molecule has 0 saturated carbocycles. The number of benzene rings is 1. The fraction of sp³-hybridized carbons (Fsp3) is 0.462. The lowest BCUT2D eigenvalue weighted by atomic mass is 10.1. The van der Waals surface area contributed by atoms with Crippen molar-refractivity contribution in [3.8, 4) is 5.75 Å². The van der Waals surface area contributed by atoms with Crippen LogP contribution >= 0.6 is 0 Å². The number of ether oxygens (including phenoxy) is 1. The third-order valence-corrected chi connectivity index (χ3v) is 2.10. The van der Waals surface area contributed by atoms with Gasteiger partial charge in [-0.05, 0) is 44.9 Å². The minimum atomic E-state index is -0.618. The van der Waals surface area contributed by atoms with Crippen LogP contribution in [-0.4, -0.2) is 28.5 Å². The number of carbonyl (C=O) groups is 1. The first-order valence-electron chi connectivity index (χ1n) is 5.74. The fourth-order valence-electron chi connectivity index (χ4n) is 1.38. The summed E-state index contributed by atoms with van der Waals surface area (Å²) in [7, 11) is 0. The van der Waals surface area contributed by atoms with Crippen LogP contribution in [0, 0.1) is 0 Å². The molecule has 0 saturated heterocycles. The summed E-state index contributed by atoms with van der Waals surface area (Å²) < 4.78 is 5.07. The molecule has 0 spiro atoms. The number of rotatable bonds is 3.